The number of carboxylic acid groups (broad SMARTS) is 1. The number of carboxylic acids is 1. The first kappa shape index (κ1) is 20.5. The molecule has 0 amide bonds. The molecule has 0 bridgehead atoms. The van der Waals surface area contributed by atoms with Crippen LogP contribution < -0.4 is 9.88 Å². The molecule has 0 aliphatic carbocycles. The van der Waals surface area contributed by atoms with Gasteiger partial charge in [-0.2, -0.15) is 0 Å². The molecule has 0 atom stereocenters. The third-order valence-electron chi connectivity index (χ3n) is 2.62. The van der Waals surface area contributed by atoms with E-state index in [9.17, 15) is 13.2 Å². The number of aromatic carboxylic acids is 1. The fraction of sp³-hybridized carbons (Fsp3) is 0.0714. The van der Waals surface area contributed by atoms with Gasteiger partial charge in [-0.25, -0.2) is 18.4 Å². The number of sulfonamides is 1. The number of primary sulfonamides is 1. The van der Waals surface area contributed by atoms with Crippen LogP contribution in [0.1, 0.15) is 10.4 Å². The van der Waals surface area contributed by atoms with Crippen LogP contribution in [0.15, 0.2) is 41.3 Å². The van der Waals surface area contributed by atoms with Gasteiger partial charge in [-0.05, 0) is 24.3 Å². The summed E-state index contributed by atoms with van der Waals surface area (Å²) in [4.78, 5) is 10.7. The molecule has 130 valence electrons. The molecule has 2 rings (SSSR count). The van der Waals surface area contributed by atoms with Crippen LogP contribution in [0.4, 0.5) is 0 Å². The maximum Gasteiger partial charge on any atom is 0.341 e. The van der Waals surface area contributed by atoms with E-state index >= 15 is 0 Å². The first-order chi connectivity index (χ1) is 11.1. The highest BCUT2D eigenvalue weighted by atomic mass is 35.5. The molecular weight excluding hydrogens is 401 g/mol. The summed E-state index contributed by atoms with van der Waals surface area (Å²) in [7, 11) is -2.33. The van der Waals surface area contributed by atoms with Crippen molar-refractivity contribution in [2.24, 2.45) is 5.14 Å². The Hall–Kier alpha value is -1.51. The Kier molecular flexibility index (Phi) is 7.31. The van der Waals surface area contributed by atoms with Gasteiger partial charge in [0, 0.05) is 0 Å². The fourth-order valence-electron chi connectivity index (χ4n) is 1.61. The van der Waals surface area contributed by atoms with Crippen molar-refractivity contribution in [3.8, 4) is 5.75 Å². The Morgan fingerprint density at radius 3 is 1.96 bits per heavy atom. The molecule has 3 N–H and O–H groups in total. The van der Waals surface area contributed by atoms with E-state index in [4.69, 9.17) is 49.8 Å². The van der Waals surface area contributed by atoms with Crippen LogP contribution in [0, 0.1) is 0 Å². The summed E-state index contributed by atoms with van der Waals surface area (Å²) in [6, 6.07) is 8.92. The smallest absolute Gasteiger partial charge is 0.341 e. The van der Waals surface area contributed by atoms with E-state index in [0.717, 1.165) is 0 Å². The summed E-state index contributed by atoms with van der Waals surface area (Å²) >= 11 is 16.9. The number of rotatable bonds is 3. The molecule has 2 aromatic rings. The second-order valence-corrected chi connectivity index (χ2v) is 6.97. The summed E-state index contributed by atoms with van der Waals surface area (Å²) in [5, 5.41) is 14.1. The normalized spacial score (nSPS) is 10.5. The van der Waals surface area contributed by atoms with Gasteiger partial charge in [0.25, 0.3) is 0 Å². The molecule has 0 aromatic heterocycles. The number of benzene rings is 2. The molecule has 0 spiro atoms. The van der Waals surface area contributed by atoms with Gasteiger partial charge in [-0.3, -0.25) is 0 Å². The molecule has 0 aliphatic rings. The molecular formula is C14H12Cl3NO5S. The molecule has 0 saturated carbocycles. The molecule has 24 heavy (non-hydrogen) atoms. The van der Waals surface area contributed by atoms with E-state index in [1.54, 1.807) is 12.1 Å². The Labute approximate surface area is 153 Å². The minimum absolute atomic E-state index is 0.0401. The number of hydrogen-bond acceptors (Lipinski definition) is 4. The van der Waals surface area contributed by atoms with Gasteiger partial charge in [0.15, 0.2) is 5.75 Å². The van der Waals surface area contributed by atoms with Crippen LogP contribution in [0.3, 0.4) is 0 Å². The van der Waals surface area contributed by atoms with Gasteiger partial charge in [0.05, 0.1) is 22.2 Å². The average molecular weight is 413 g/mol. The molecule has 0 saturated heterocycles. The van der Waals surface area contributed by atoms with Crippen molar-refractivity contribution in [3.63, 3.8) is 0 Å². The van der Waals surface area contributed by atoms with Crippen molar-refractivity contribution < 1.29 is 23.1 Å². The van der Waals surface area contributed by atoms with Crippen LogP contribution in [0.2, 0.25) is 15.1 Å². The van der Waals surface area contributed by atoms with Crippen molar-refractivity contribution >= 4 is 50.8 Å². The number of halogens is 3. The number of carbonyl (C=O) groups is 1. The van der Waals surface area contributed by atoms with Crippen LogP contribution in [0.5, 0.6) is 5.75 Å². The molecule has 6 nitrogen and oxygen atoms in total. The van der Waals surface area contributed by atoms with E-state index in [2.05, 4.69) is 0 Å². The third-order valence-corrected chi connectivity index (χ3v) is 4.64. The first-order valence-electron chi connectivity index (χ1n) is 6.12. The average Bonchev–Trinajstić information content (AvgIpc) is 2.48. The zero-order chi connectivity index (χ0) is 18.5. The molecule has 0 fully saturated rings. The lowest BCUT2D eigenvalue weighted by molar-refractivity contribution is 0.0693. The molecule has 0 heterocycles. The monoisotopic (exact) mass is 411 g/mol. The predicted molar refractivity (Wildman–Crippen MR) is 92.8 cm³/mol. The maximum absolute atomic E-state index is 10.7. The van der Waals surface area contributed by atoms with Crippen LogP contribution in [0.25, 0.3) is 0 Å². The van der Waals surface area contributed by atoms with Gasteiger partial charge < -0.3 is 9.84 Å². The Balaban J connectivity index is 0.000000243. The Bertz CT molecular complexity index is 855. The third kappa shape index (κ3) is 5.25. The van der Waals surface area contributed by atoms with E-state index in [1.165, 1.54) is 31.4 Å². The van der Waals surface area contributed by atoms with E-state index in [-0.39, 0.29) is 31.3 Å². The second-order valence-electron chi connectivity index (χ2n) is 4.22. The Morgan fingerprint density at radius 1 is 1.04 bits per heavy atom. The van der Waals surface area contributed by atoms with Crippen LogP contribution in [-0.4, -0.2) is 26.6 Å². The maximum atomic E-state index is 10.7. The highest BCUT2D eigenvalue weighted by Gasteiger charge is 2.18. The quantitative estimate of drug-likeness (QED) is 0.799. The molecule has 0 aliphatic heterocycles. The predicted octanol–water partition coefficient (Wildman–Crippen LogP) is 3.69. The molecule has 0 unspecified atom stereocenters. The topological polar surface area (TPSA) is 107 Å². The standard InChI is InChI=1S/C8H6Cl2O3.C6H6ClNO2S/c1-13-7-5(10)3-2-4(9)6(7)8(11)12;7-5-3-1-2-4-6(5)11(8,9)10/h2-3H,1H3,(H,11,12);1-4H,(H2,8,9,10). The molecule has 0 radical (unpaired) electrons. The lowest BCUT2D eigenvalue weighted by Gasteiger charge is -2.07. The van der Waals surface area contributed by atoms with Crippen molar-refractivity contribution in [3.05, 3.63) is 57.0 Å². The van der Waals surface area contributed by atoms with Crippen molar-refractivity contribution in [2.45, 2.75) is 4.90 Å². The molecule has 2 aromatic carbocycles. The molecule has 10 heteroatoms. The first-order valence-corrected chi connectivity index (χ1v) is 8.80. The second kappa shape index (κ2) is 8.55. The number of hydrogen-bond donors (Lipinski definition) is 2. The lowest BCUT2D eigenvalue weighted by atomic mass is 10.2. The Morgan fingerprint density at radius 2 is 1.58 bits per heavy atom. The SMILES string of the molecule is COc1c(Cl)ccc(Cl)c1C(=O)O.NS(=O)(=O)c1ccccc1Cl. The van der Waals surface area contributed by atoms with E-state index in [0.29, 0.717) is 0 Å². The highest BCUT2D eigenvalue weighted by molar-refractivity contribution is 7.89. The van der Waals surface area contributed by atoms with Gasteiger partial charge in [0.2, 0.25) is 10.0 Å². The summed E-state index contributed by atoms with van der Waals surface area (Å²) < 4.78 is 26.3. The van der Waals surface area contributed by atoms with E-state index < -0.39 is 16.0 Å². The van der Waals surface area contributed by atoms with Gasteiger partial charge in [-0.1, -0.05) is 46.9 Å². The van der Waals surface area contributed by atoms with Crippen LogP contribution >= 0.6 is 34.8 Å². The minimum atomic E-state index is -3.67. The van der Waals surface area contributed by atoms with E-state index in [1.807, 2.05) is 0 Å². The highest BCUT2D eigenvalue weighted by Crippen LogP contribution is 2.33. The zero-order valence-electron chi connectivity index (χ0n) is 12.2. The van der Waals surface area contributed by atoms with Gasteiger partial charge >= 0.3 is 5.97 Å². The largest absolute Gasteiger partial charge is 0.494 e. The fourth-order valence-corrected chi connectivity index (χ4v) is 3.14. The lowest BCUT2D eigenvalue weighted by Crippen LogP contribution is -2.12. The number of nitrogens with two attached hydrogens (primary N) is 1. The van der Waals surface area contributed by atoms with Crippen molar-refractivity contribution in [1.29, 1.82) is 0 Å². The number of methoxy groups -OCH3 is 1. The summed E-state index contributed by atoms with van der Waals surface area (Å²) in [5.41, 5.74) is -0.114. The summed E-state index contributed by atoms with van der Waals surface area (Å²) in [6.07, 6.45) is 0. The van der Waals surface area contributed by atoms with Crippen molar-refractivity contribution in [2.75, 3.05) is 7.11 Å². The summed E-state index contributed by atoms with van der Waals surface area (Å²) in [6.45, 7) is 0. The minimum Gasteiger partial charge on any atom is -0.494 e. The zero-order valence-corrected chi connectivity index (χ0v) is 15.2. The number of ether oxygens (including phenoxy) is 1. The van der Waals surface area contributed by atoms with Gasteiger partial charge in [0.1, 0.15) is 10.5 Å². The summed E-state index contributed by atoms with van der Waals surface area (Å²) in [5.74, 6) is -1.08. The van der Waals surface area contributed by atoms with Gasteiger partial charge in [-0.15, -0.1) is 0 Å². The van der Waals surface area contributed by atoms with Crippen LogP contribution in [-0.2, 0) is 10.0 Å². The van der Waals surface area contributed by atoms with Crippen molar-refractivity contribution in [1.82, 2.24) is 0 Å².